The van der Waals surface area contributed by atoms with Crippen LogP contribution in [-0.2, 0) is 10.0 Å². The monoisotopic (exact) mass is 396 g/mol. The van der Waals surface area contributed by atoms with E-state index in [0.717, 1.165) is 29.4 Å². The average molecular weight is 397 g/mol. The van der Waals surface area contributed by atoms with E-state index >= 15 is 0 Å². The second-order valence-electron chi connectivity index (χ2n) is 7.08. The predicted octanol–water partition coefficient (Wildman–Crippen LogP) is 3.09. The Morgan fingerprint density at radius 1 is 0.964 bits per heavy atom. The quantitative estimate of drug-likeness (QED) is 0.678. The molecule has 1 aliphatic rings. The van der Waals surface area contributed by atoms with Crippen LogP contribution in [-0.4, -0.2) is 53.8 Å². The summed E-state index contributed by atoms with van der Waals surface area (Å²) in [5, 5.41) is 1.56. The number of rotatable bonds is 4. The van der Waals surface area contributed by atoms with Gasteiger partial charge in [0.2, 0.25) is 10.0 Å². The van der Waals surface area contributed by atoms with Crippen LogP contribution in [0.4, 0.5) is 0 Å². The molecule has 1 aliphatic heterocycles. The van der Waals surface area contributed by atoms with Crippen molar-refractivity contribution < 1.29 is 8.42 Å². The van der Waals surface area contributed by atoms with Crippen molar-refractivity contribution in [3.63, 3.8) is 0 Å². The number of hydrogen-bond donors (Lipinski definition) is 0. The van der Waals surface area contributed by atoms with Gasteiger partial charge in [0.15, 0.2) is 0 Å². The van der Waals surface area contributed by atoms with E-state index in [1.807, 2.05) is 24.3 Å². The van der Waals surface area contributed by atoms with E-state index < -0.39 is 10.0 Å². The predicted molar refractivity (Wildman–Crippen MR) is 109 cm³/mol. The molecule has 3 heterocycles. The third-order valence-corrected chi connectivity index (χ3v) is 7.37. The lowest BCUT2D eigenvalue weighted by atomic mass is 10.2. The molecule has 4 rings (SSSR count). The Morgan fingerprint density at radius 2 is 1.86 bits per heavy atom. The molecule has 0 amide bonds. The first-order chi connectivity index (χ1) is 13.6. The molecule has 0 radical (unpaired) electrons. The fourth-order valence-electron chi connectivity index (χ4n) is 3.81. The van der Waals surface area contributed by atoms with Gasteiger partial charge in [0, 0.05) is 61.6 Å². The van der Waals surface area contributed by atoms with E-state index in [4.69, 9.17) is 0 Å². The number of hydrogen-bond acceptors (Lipinski definition) is 5. The molecule has 1 saturated heterocycles. The molecule has 6 nitrogen and oxygen atoms in total. The lowest BCUT2D eigenvalue weighted by Crippen LogP contribution is -2.36. The molecule has 1 aromatic carbocycles. The Kier molecular flexibility index (Phi) is 5.39. The van der Waals surface area contributed by atoms with Gasteiger partial charge in [-0.25, -0.2) is 8.42 Å². The summed E-state index contributed by atoms with van der Waals surface area (Å²) in [6.07, 6.45) is 5.94. The summed E-state index contributed by atoms with van der Waals surface area (Å²) in [6.45, 7) is 4.66. The minimum atomic E-state index is -3.56. The summed E-state index contributed by atoms with van der Waals surface area (Å²) in [5.74, 6) is 0. The van der Waals surface area contributed by atoms with Crippen molar-refractivity contribution in [3.05, 3.63) is 66.7 Å². The highest BCUT2D eigenvalue weighted by Gasteiger charge is 2.29. The lowest BCUT2D eigenvalue weighted by Gasteiger charge is -2.27. The summed E-state index contributed by atoms with van der Waals surface area (Å²) in [4.78, 5) is 11.2. The smallest absolute Gasteiger partial charge is 0.243 e. The number of sulfonamides is 1. The van der Waals surface area contributed by atoms with Gasteiger partial charge in [-0.3, -0.25) is 14.9 Å². The summed E-state index contributed by atoms with van der Waals surface area (Å²) >= 11 is 0. The van der Waals surface area contributed by atoms with Crippen LogP contribution in [0.1, 0.15) is 25.1 Å². The summed E-state index contributed by atoms with van der Waals surface area (Å²) in [6, 6.07) is 13.2. The number of nitrogens with zero attached hydrogens (tertiary/aromatic N) is 4. The van der Waals surface area contributed by atoms with Gasteiger partial charge in [-0.1, -0.05) is 18.2 Å². The molecular formula is C21H24N4O2S. The molecule has 7 heteroatoms. The van der Waals surface area contributed by atoms with Crippen LogP contribution < -0.4 is 0 Å². The van der Waals surface area contributed by atoms with E-state index in [0.29, 0.717) is 24.5 Å². The van der Waals surface area contributed by atoms with Crippen LogP contribution in [0.25, 0.3) is 10.8 Å². The molecule has 0 N–H and O–H groups in total. The molecule has 28 heavy (non-hydrogen) atoms. The molecule has 0 unspecified atom stereocenters. The largest absolute Gasteiger partial charge is 0.294 e. The van der Waals surface area contributed by atoms with Gasteiger partial charge in [-0.05, 0) is 37.6 Å². The molecule has 146 valence electrons. The normalized spacial score (nSPS) is 18.0. The van der Waals surface area contributed by atoms with Crippen molar-refractivity contribution in [3.8, 4) is 0 Å². The first kappa shape index (κ1) is 19.0. The van der Waals surface area contributed by atoms with Crippen molar-refractivity contribution in [2.75, 3.05) is 26.2 Å². The molecule has 3 aromatic rings. The van der Waals surface area contributed by atoms with Crippen molar-refractivity contribution in [2.45, 2.75) is 24.3 Å². The zero-order valence-corrected chi connectivity index (χ0v) is 16.7. The maximum absolute atomic E-state index is 13.4. The first-order valence-corrected chi connectivity index (χ1v) is 11.0. The molecule has 0 saturated carbocycles. The Hall–Kier alpha value is -2.35. The summed E-state index contributed by atoms with van der Waals surface area (Å²) in [5.41, 5.74) is 1.01. The van der Waals surface area contributed by atoms with E-state index in [9.17, 15) is 8.42 Å². The van der Waals surface area contributed by atoms with E-state index in [2.05, 4.69) is 21.8 Å². The third-order valence-electron chi connectivity index (χ3n) is 5.41. The van der Waals surface area contributed by atoms with Crippen LogP contribution in [0.5, 0.6) is 0 Å². The number of benzene rings is 1. The van der Waals surface area contributed by atoms with Crippen LogP contribution in [0.2, 0.25) is 0 Å². The molecule has 1 atom stereocenters. The van der Waals surface area contributed by atoms with E-state index in [1.165, 1.54) is 0 Å². The number of aromatic nitrogens is 2. The molecule has 0 aliphatic carbocycles. The van der Waals surface area contributed by atoms with Gasteiger partial charge in [0.05, 0.1) is 10.6 Å². The molecule has 1 fully saturated rings. The molecule has 0 spiro atoms. The molecule has 0 bridgehead atoms. The number of fused-ring (bicyclic) bond motifs is 1. The number of pyridine rings is 2. The fraction of sp³-hybridized carbons (Fsp3) is 0.333. The highest BCUT2D eigenvalue weighted by molar-refractivity contribution is 7.89. The Bertz CT molecular complexity index is 1050. The highest BCUT2D eigenvalue weighted by atomic mass is 32.2. The van der Waals surface area contributed by atoms with Crippen molar-refractivity contribution in [2.24, 2.45) is 0 Å². The zero-order chi connectivity index (χ0) is 19.6. The highest BCUT2D eigenvalue weighted by Crippen LogP contribution is 2.27. The van der Waals surface area contributed by atoms with Gasteiger partial charge in [0.25, 0.3) is 0 Å². The first-order valence-electron chi connectivity index (χ1n) is 9.55. The maximum atomic E-state index is 13.4. The van der Waals surface area contributed by atoms with Gasteiger partial charge >= 0.3 is 0 Å². The topological polar surface area (TPSA) is 66.4 Å². The fourth-order valence-corrected chi connectivity index (χ4v) is 5.49. The van der Waals surface area contributed by atoms with Crippen molar-refractivity contribution in [1.82, 2.24) is 19.2 Å². The minimum Gasteiger partial charge on any atom is -0.294 e. The van der Waals surface area contributed by atoms with E-state index in [1.54, 1.807) is 41.1 Å². The van der Waals surface area contributed by atoms with E-state index in [-0.39, 0.29) is 6.04 Å². The van der Waals surface area contributed by atoms with Crippen molar-refractivity contribution >= 4 is 20.8 Å². The van der Waals surface area contributed by atoms with Gasteiger partial charge in [-0.2, -0.15) is 4.31 Å². The standard InChI is InChI=1S/C21H24N4O2S/c1-17(20-7-2-3-10-23-20)24-12-5-13-25(15-14-24)28(26,27)21-8-4-6-18-16-22-11-9-19(18)21/h2-4,6-11,16-17H,5,12-15H2,1H3/t17-/m0/s1. The second kappa shape index (κ2) is 7.95. The zero-order valence-electron chi connectivity index (χ0n) is 15.9. The van der Waals surface area contributed by atoms with Crippen LogP contribution >= 0.6 is 0 Å². The summed E-state index contributed by atoms with van der Waals surface area (Å²) < 4.78 is 28.4. The Balaban J connectivity index is 1.57. The van der Waals surface area contributed by atoms with Gasteiger partial charge in [0.1, 0.15) is 0 Å². The van der Waals surface area contributed by atoms with Gasteiger partial charge in [-0.15, -0.1) is 0 Å². The van der Waals surface area contributed by atoms with Gasteiger partial charge < -0.3 is 0 Å². The van der Waals surface area contributed by atoms with Crippen LogP contribution in [0, 0.1) is 0 Å². The Morgan fingerprint density at radius 3 is 2.68 bits per heavy atom. The molecular weight excluding hydrogens is 372 g/mol. The lowest BCUT2D eigenvalue weighted by molar-refractivity contribution is 0.218. The maximum Gasteiger partial charge on any atom is 0.243 e. The summed E-state index contributed by atoms with van der Waals surface area (Å²) in [7, 11) is -3.56. The SMILES string of the molecule is C[C@@H](c1ccccn1)N1CCCN(S(=O)(=O)c2cccc3cnccc23)CC1. The Labute approximate surface area is 165 Å². The third kappa shape index (κ3) is 3.65. The second-order valence-corrected chi connectivity index (χ2v) is 8.98. The van der Waals surface area contributed by atoms with Crippen LogP contribution in [0.15, 0.2) is 66.0 Å². The minimum absolute atomic E-state index is 0.160. The van der Waals surface area contributed by atoms with Crippen molar-refractivity contribution in [1.29, 1.82) is 0 Å². The average Bonchev–Trinajstić information content (AvgIpc) is 3.00. The molecule has 2 aromatic heterocycles. The van der Waals surface area contributed by atoms with Crippen LogP contribution in [0.3, 0.4) is 0 Å².